The van der Waals surface area contributed by atoms with E-state index in [0.717, 1.165) is 44.7 Å². The summed E-state index contributed by atoms with van der Waals surface area (Å²) in [6.45, 7) is 22.0. The summed E-state index contributed by atoms with van der Waals surface area (Å²) in [5.74, 6) is 1.49. The fraction of sp³-hybridized carbons (Fsp3) is 1.00. The van der Waals surface area contributed by atoms with Crippen LogP contribution in [0.4, 0.5) is 0 Å². The highest BCUT2D eigenvalue weighted by Gasteiger charge is 2.15. The van der Waals surface area contributed by atoms with Gasteiger partial charge in [0.25, 0.3) is 0 Å². The van der Waals surface area contributed by atoms with E-state index in [2.05, 4.69) is 55.4 Å². The minimum Gasteiger partial charge on any atom is -0.381 e. The summed E-state index contributed by atoms with van der Waals surface area (Å²) < 4.78 is 11.5. The van der Waals surface area contributed by atoms with Gasteiger partial charge in [-0.15, -0.1) is 0 Å². The lowest BCUT2D eigenvalue weighted by atomic mass is 9.84. The summed E-state index contributed by atoms with van der Waals surface area (Å²) in [5, 5.41) is 0. The zero-order chi connectivity index (χ0) is 17.9. The molecule has 0 radical (unpaired) electrons. The molecule has 23 heavy (non-hydrogen) atoms. The van der Waals surface area contributed by atoms with Gasteiger partial charge in [-0.05, 0) is 54.8 Å². The molecule has 2 atom stereocenters. The van der Waals surface area contributed by atoms with E-state index in [0.29, 0.717) is 10.8 Å². The minimum absolute atomic E-state index is 0.428. The van der Waals surface area contributed by atoms with Crippen LogP contribution in [0.5, 0.6) is 0 Å². The molecule has 0 spiro atoms. The zero-order valence-electron chi connectivity index (χ0n) is 17.3. The van der Waals surface area contributed by atoms with Crippen molar-refractivity contribution in [3.8, 4) is 0 Å². The van der Waals surface area contributed by atoms with Crippen LogP contribution in [0.2, 0.25) is 0 Å². The molecular weight excluding hydrogens is 284 g/mol. The second-order valence-electron chi connectivity index (χ2n) is 9.90. The van der Waals surface area contributed by atoms with E-state index in [-0.39, 0.29) is 0 Å². The van der Waals surface area contributed by atoms with Gasteiger partial charge in [0.1, 0.15) is 0 Å². The number of rotatable bonds is 12. The fourth-order valence-electron chi connectivity index (χ4n) is 3.33. The van der Waals surface area contributed by atoms with Gasteiger partial charge in [0.05, 0.1) is 0 Å². The van der Waals surface area contributed by atoms with Gasteiger partial charge in [0, 0.05) is 26.4 Å². The van der Waals surface area contributed by atoms with E-state index in [1.807, 2.05) is 0 Å². The summed E-state index contributed by atoms with van der Waals surface area (Å²) in [5.41, 5.74) is 0.856. The SMILES string of the molecule is CC(CCOCCCOCCC(C)CC(C)(C)C)CC(C)(C)C. The average Bonchev–Trinajstić information content (AvgIpc) is 2.32. The van der Waals surface area contributed by atoms with Crippen molar-refractivity contribution >= 4 is 0 Å². The van der Waals surface area contributed by atoms with E-state index >= 15 is 0 Å². The van der Waals surface area contributed by atoms with Crippen LogP contribution in [-0.2, 0) is 9.47 Å². The van der Waals surface area contributed by atoms with Gasteiger partial charge < -0.3 is 9.47 Å². The Bertz CT molecular complexity index is 245. The second kappa shape index (κ2) is 11.5. The van der Waals surface area contributed by atoms with Crippen LogP contribution in [0.1, 0.15) is 87.5 Å². The van der Waals surface area contributed by atoms with Crippen LogP contribution in [0.25, 0.3) is 0 Å². The second-order valence-corrected chi connectivity index (χ2v) is 9.90. The Labute approximate surface area is 146 Å². The molecule has 0 aromatic carbocycles. The highest BCUT2D eigenvalue weighted by molar-refractivity contribution is 4.67. The summed E-state index contributed by atoms with van der Waals surface area (Å²) >= 11 is 0. The molecule has 0 bridgehead atoms. The van der Waals surface area contributed by atoms with Crippen molar-refractivity contribution in [3.05, 3.63) is 0 Å². The molecule has 0 saturated heterocycles. The maximum absolute atomic E-state index is 5.73. The van der Waals surface area contributed by atoms with E-state index in [1.165, 1.54) is 25.7 Å². The van der Waals surface area contributed by atoms with Gasteiger partial charge in [-0.1, -0.05) is 55.4 Å². The fourth-order valence-corrected chi connectivity index (χ4v) is 3.33. The molecule has 0 N–H and O–H groups in total. The van der Waals surface area contributed by atoms with Gasteiger partial charge in [-0.25, -0.2) is 0 Å². The third-order valence-electron chi connectivity index (χ3n) is 4.01. The lowest BCUT2D eigenvalue weighted by Gasteiger charge is -2.23. The highest BCUT2D eigenvalue weighted by Crippen LogP contribution is 2.26. The smallest absolute Gasteiger partial charge is 0.0487 e. The first-order chi connectivity index (χ1) is 10.5. The standard InChI is InChI=1S/C21H44O2/c1-18(16-20(3,4)5)10-14-22-12-9-13-23-15-11-19(2)17-21(6,7)8/h18-19H,9-17H2,1-8H3. The van der Waals surface area contributed by atoms with Gasteiger partial charge >= 0.3 is 0 Å². The van der Waals surface area contributed by atoms with E-state index in [4.69, 9.17) is 9.47 Å². The molecule has 0 saturated carbocycles. The Balaban J connectivity index is 3.37. The lowest BCUT2D eigenvalue weighted by molar-refractivity contribution is 0.0697. The first-order valence-corrected chi connectivity index (χ1v) is 9.65. The molecule has 0 amide bonds. The molecule has 0 aliphatic carbocycles. The summed E-state index contributed by atoms with van der Waals surface area (Å²) in [6.07, 6.45) is 5.89. The van der Waals surface area contributed by atoms with Crippen molar-refractivity contribution in [1.29, 1.82) is 0 Å². The molecule has 0 fully saturated rings. The predicted octanol–water partition coefficient (Wildman–Crippen LogP) is 6.33. The van der Waals surface area contributed by atoms with Crippen molar-refractivity contribution in [2.75, 3.05) is 26.4 Å². The van der Waals surface area contributed by atoms with E-state index in [9.17, 15) is 0 Å². The quantitative estimate of drug-likeness (QED) is 0.389. The number of hydrogen-bond donors (Lipinski definition) is 0. The van der Waals surface area contributed by atoms with Crippen LogP contribution in [0.15, 0.2) is 0 Å². The highest BCUT2D eigenvalue weighted by atomic mass is 16.5. The van der Waals surface area contributed by atoms with Crippen molar-refractivity contribution in [1.82, 2.24) is 0 Å². The Hall–Kier alpha value is -0.0800. The zero-order valence-corrected chi connectivity index (χ0v) is 17.3. The van der Waals surface area contributed by atoms with Crippen molar-refractivity contribution in [2.24, 2.45) is 22.7 Å². The number of hydrogen-bond acceptors (Lipinski definition) is 2. The maximum Gasteiger partial charge on any atom is 0.0487 e. The van der Waals surface area contributed by atoms with Crippen LogP contribution in [-0.4, -0.2) is 26.4 Å². The Kier molecular flexibility index (Phi) is 11.4. The molecule has 2 heteroatoms. The number of ether oxygens (including phenoxy) is 2. The Morgan fingerprint density at radius 3 is 1.26 bits per heavy atom. The topological polar surface area (TPSA) is 18.5 Å². The molecule has 0 heterocycles. The minimum atomic E-state index is 0.428. The van der Waals surface area contributed by atoms with Crippen LogP contribution >= 0.6 is 0 Å². The summed E-state index contributed by atoms with van der Waals surface area (Å²) in [4.78, 5) is 0. The molecule has 2 nitrogen and oxygen atoms in total. The van der Waals surface area contributed by atoms with Crippen molar-refractivity contribution in [2.45, 2.75) is 87.5 Å². The molecule has 0 aliphatic heterocycles. The first-order valence-electron chi connectivity index (χ1n) is 9.65. The molecule has 0 rings (SSSR count). The Morgan fingerprint density at radius 2 is 0.957 bits per heavy atom. The monoisotopic (exact) mass is 328 g/mol. The van der Waals surface area contributed by atoms with E-state index in [1.54, 1.807) is 0 Å². The first kappa shape index (κ1) is 22.9. The Morgan fingerprint density at radius 1 is 0.609 bits per heavy atom. The van der Waals surface area contributed by atoms with Gasteiger partial charge in [0.2, 0.25) is 0 Å². The third-order valence-corrected chi connectivity index (χ3v) is 4.01. The predicted molar refractivity (Wildman–Crippen MR) is 102 cm³/mol. The average molecular weight is 329 g/mol. The molecule has 2 unspecified atom stereocenters. The van der Waals surface area contributed by atoms with Crippen LogP contribution in [0, 0.1) is 22.7 Å². The summed E-state index contributed by atoms with van der Waals surface area (Å²) in [6, 6.07) is 0. The third kappa shape index (κ3) is 18.1. The van der Waals surface area contributed by atoms with Crippen LogP contribution < -0.4 is 0 Å². The van der Waals surface area contributed by atoms with Gasteiger partial charge in [0.15, 0.2) is 0 Å². The maximum atomic E-state index is 5.73. The molecule has 0 aromatic heterocycles. The lowest BCUT2D eigenvalue weighted by Crippen LogP contribution is -2.14. The molecule has 140 valence electrons. The van der Waals surface area contributed by atoms with Crippen LogP contribution in [0.3, 0.4) is 0 Å². The largest absolute Gasteiger partial charge is 0.381 e. The molecular formula is C21H44O2. The molecule has 0 aromatic rings. The normalized spacial score (nSPS) is 15.7. The van der Waals surface area contributed by atoms with Crippen molar-refractivity contribution < 1.29 is 9.47 Å². The van der Waals surface area contributed by atoms with E-state index < -0.39 is 0 Å². The summed E-state index contributed by atoms with van der Waals surface area (Å²) in [7, 11) is 0. The molecule has 0 aliphatic rings. The van der Waals surface area contributed by atoms with Gasteiger partial charge in [-0.2, -0.15) is 0 Å². The van der Waals surface area contributed by atoms with Gasteiger partial charge in [-0.3, -0.25) is 0 Å². The van der Waals surface area contributed by atoms with Crippen molar-refractivity contribution in [3.63, 3.8) is 0 Å².